The second-order valence-electron chi connectivity index (χ2n) is 4.33. The number of methoxy groups -OCH3 is 1. The van der Waals surface area contributed by atoms with Crippen molar-refractivity contribution in [2.75, 3.05) is 13.7 Å². The predicted molar refractivity (Wildman–Crippen MR) is 67.3 cm³/mol. The van der Waals surface area contributed by atoms with Gasteiger partial charge in [0.05, 0.1) is 7.11 Å². The van der Waals surface area contributed by atoms with E-state index in [1.165, 1.54) is 30.4 Å². The molecule has 1 unspecified atom stereocenters. The Morgan fingerprint density at radius 2 is 2.19 bits per heavy atom. The van der Waals surface area contributed by atoms with Crippen molar-refractivity contribution in [2.24, 2.45) is 0 Å². The minimum Gasteiger partial charge on any atom is -0.497 e. The molecule has 0 spiro atoms. The third-order valence-corrected chi connectivity index (χ3v) is 3.67. The van der Waals surface area contributed by atoms with Crippen molar-refractivity contribution >= 4 is 11.6 Å². The summed E-state index contributed by atoms with van der Waals surface area (Å²) in [5.74, 6) is 0.845. The Balaban J connectivity index is 2.33. The van der Waals surface area contributed by atoms with E-state index in [2.05, 4.69) is 18.3 Å². The Kier molecular flexibility index (Phi) is 3.72. The second-order valence-corrected chi connectivity index (χ2v) is 4.73. The van der Waals surface area contributed by atoms with Gasteiger partial charge in [-0.1, -0.05) is 18.0 Å². The minimum atomic E-state index is 0.432. The van der Waals surface area contributed by atoms with Gasteiger partial charge in [-0.25, -0.2) is 0 Å². The average Bonchev–Trinajstić information content (AvgIpc) is 2.33. The monoisotopic (exact) mass is 239 g/mol. The van der Waals surface area contributed by atoms with E-state index in [1.54, 1.807) is 7.11 Å². The number of hydrogen-bond donors (Lipinski definition) is 1. The van der Waals surface area contributed by atoms with Gasteiger partial charge in [0.2, 0.25) is 0 Å². The average molecular weight is 240 g/mol. The number of hydrogen-bond acceptors (Lipinski definition) is 2. The lowest BCUT2D eigenvalue weighted by Gasteiger charge is -2.26. The number of nitrogens with one attached hydrogen (secondary N) is 1. The van der Waals surface area contributed by atoms with Gasteiger partial charge in [0.1, 0.15) is 5.75 Å². The zero-order valence-electron chi connectivity index (χ0n) is 9.85. The van der Waals surface area contributed by atoms with Crippen LogP contribution in [0.3, 0.4) is 0 Å². The van der Waals surface area contributed by atoms with Crippen LogP contribution in [0, 0.1) is 6.92 Å². The molecular formula is C13H18ClNO. The van der Waals surface area contributed by atoms with Crippen LogP contribution in [0.1, 0.15) is 36.4 Å². The van der Waals surface area contributed by atoms with Gasteiger partial charge in [0.25, 0.3) is 0 Å². The van der Waals surface area contributed by atoms with Crippen molar-refractivity contribution in [1.82, 2.24) is 5.32 Å². The maximum absolute atomic E-state index is 6.21. The normalized spacial score (nSPS) is 20.8. The fraction of sp³-hybridized carbons (Fsp3) is 0.538. The summed E-state index contributed by atoms with van der Waals surface area (Å²) >= 11 is 6.21. The molecule has 1 atom stereocenters. The number of benzene rings is 1. The number of ether oxygens (including phenoxy) is 1. The molecule has 1 fully saturated rings. The minimum absolute atomic E-state index is 0.432. The predicted octanol–water partition coefficient (Wildman–Crippen LogP) is 3.47. The van der Waals surface area contributed by atoms with Gasteiger partial charge in [0.15, 0.2) is 0 Å². The molecule has 1 aliphatic heterocycles. The van der Waals surface area contributed by atoms with E-state index < -0.39 is 0 Å². The van der Waals surface area contributed by atoms with E-state index in [0.29, 0.717) is 6.04 Å². The van der Waals surface area contributed by atoms with Crippen LogP contribution in [0.5, 0.6) is 5.75 Å². The summed E-state index contributed by atoms with van der Waals surface area (Å²) in [5, 5.41) is 4.33. The zero-order chi connectivity index (χ0) is 11.5. The summed E-state index contributed by atoms with van der Waals surface area (Å²) in [6, 6.07) is 4.41. The second kappa shape index (κ2) is 5.07. The van der Waals surface area contributed by atoms with Gasteiger partial charge in [-0.2, -0.15) is 0 Å². The van der Waals surface area contributed by atoms with Crippen molar-refractivity contribution in [3.8, 4) is 5.75 Å². The SMILES string of the molecule is COc1cc(Cl)c(C)c(C2CCCCN2)c1. The van der Waals surface area contributed by atoms with E-state index in [1.807, 2.05) is 6.07 Å². The largest absolute Gasteiger partial charge is 0.497 e. The van der Waals surface area contributed by atoms with Crippen molar-refractivity contribution in [3.05, 3.63) is 28.3 Å². The first-order valence-electron chi connectivity index (χ1n) is 5.80. The molecular weight excluding hydrogens is 222 g/mol. The van der Waals surface area contributed by atoms with Crippen LogP contribution in [0.25, 0.3) is 0 Å². The van der Waals surface area contributed by atoms with Gasteiger partial charge in [0, 0.05) is 11.1 Å². The van der Waals surface area contributed by atoms with Gasteiger partial charge in [-0.3, -0.25) is 0 Å². The smallest absolute Gasteiger partial charge is 0.120 e. The maximum Gasteiger partial charge on any atom is 0.120 e. The third kappa shape index (κ3) is 2.33. The highest BCUT2D eigenvalue weighted by Crippen LogP contribution is 2.33. The Hall–Kier alpha value is -0.730. The fourth-order valence-electron chi connectivity index (χ4n) is 2.27. The molecule has 0 bridgehead atoms. The Labute approximate surface area is 102 Å². The van der Waals surface area contributed by atoms with Crippen LogP contribution < -0.4 is 10.1 Å². The van der Waals surface area contributed by atoms with Gasteiger partial charge in [-0.15, -0.1) is 0 Å². The molecule has 3 heteroatoms. The van der Waals surface area contributed by atoms with E-state index in [4.69, 9.17) is 16.3 Å². The molecule has 0 saturated carbocycles. The fourth-order valence-corrected chi connectivity index (χ4v) is 2.49. The molecule has 0 aliphatic carbocycles. The summed E-state index contributed by atoms with van der Waals surface area (Å²) in [7, 11) is 1.68. The van der Waals surface area contributed by atoms with Gasteiger partial charge >= 0.3 is 0 Å². The molecule has 1 saturated heterocycles. The van der Waals surface area contributed by atoms with Crippen molar-refractivity contribution in [3.63, 3.8) is 0 Å². The van der Waals surface area contributed by atoms with Crippen LogP contribution in [0.4, 0.5) is 0 Å². The summed E-state index contributed by atoms with van der Waals surface area (Å²) in [4.78, 5) is 0. The lowest BCUT2D eigenvalue weighted by molar-refractivity contribution is 0.399. The zero-order valence-corrected chi connectivity index (χ0v) is 10.6. The first kappa shape index (κ1) is 11.7. The molecule has 2 rings (SSSR count). The van der Waals surface area contributed by atoms with Crippen LogP contribution in [-0.4, -0.2) is 13.7 Å². The first-order chi connectivity index (χ1) is 7.72. The Bertz CT molecular complexity index is 372. The molecule has 16 heavy (non-hydrogen) atoms. The molecule has 88 valence electrons. The molecule has 0 amide bonds. The van der Waals surface area contributed by atoms with Crippen molar-refractivity contribution in [1.29, 1.82) is 0 Å². The van der Waals surface area contributed by atoms with Gasteiger partial charge < -0.3 is 10.1 Å². The molecule has 0 radical (unpaired) electrons. The molecule has 0 aromatic heterocycles. The molecule has 1 aliphatic rings. The highest BCUT2D eigenvalue weighted by atomic mass is 35.5. The molecule has 1 aromatic rings. The highest BCUT2D eigenvalue weighted by Gasteiger charge is 2.18. The highest BCUT2D eigenvalue weighted by molar-refractivity contribution is 6.31. The van der Waals surface area contributed by atoms with Crippen LogP contribution in [0.15, 0.2) is 12.1 Å². The summed E-state index contributed by atoms with van der Waals surface area (Å²) in [6.45, 7) is 3.17. The van der Waals surface area contributed by atoms with E-state index >= 15 is 0 Å². The van der Waals surface area contributed by atoms with Crippen LogP contribution in [-0.2, 0) is 0 Å². The Morgan fingerprint density at radius 1 is 1.38 bits per heavy atom. The van der Waals surface area contributed by atoms with Crippen molar-refractivity contribution < 1.29 is 4.74 Å². The van der Waals surface area contributed by atoms with Crippen molar-refractivity contribution in [2.45, 2.75) is 32.2 Å². The molecule has 2 nitrogen and oxygen atoms in total. The number of halogens is 1. The molecule has 1 heterocycles. The molecule has 1 aromatic carbocycles. The lowest BCUT2D eigenvalue weighted by Crippen LogP contribution is -2.27. The summed E-state index contributed by atoms with van der Waals surface area (Å²) in [6.07, 6.45) is 3.74. The molecule has 1 N–H and O–H groups in total. The number of piperidine rings is 1. The topological polar surface area (TPSA) is 21.3 Å². The quantitative estimate of drug-likeness (QED) is 0.853. The van der Waals surface area contributed by atoms with Crippen LogP contribution >= 0.6 is 11.6 Å². The van der Waals surface area contributed by atoms with Gasteiger partial charge in [-0.05, 0) is 49.6 Å². The lowest BCUT2D eigenvalue weighted by atomic mass is 9.94. The van der Waals surface area contributed by atoms with E-state index in [0.717, 1.165) is 17.3 Å². The standard InChI is InChI=1S/C13H18ClNO/c1-9-11(13-5-3-4-6-15-13)7-10(16-2)8-12(9)14/h7-8,13,15H,3-6H2,1-2H3. The van der Waals surface area contributed by atoms with E-state index in [9.17, 15) is 0 Å². The number of rotatable bonds is 2. The van der Waals surface area contributed by atoms with E-state index in [-0.39, 0.29) is 0 Å². The first-order valence-corrected chi connectivity index (χ1v) is 6.17. The third-order valence-electron chi connectivity index (χ3n) is 3.28. The Morgan fingerprint density at radius 3 is 2.81 bits per heavy atom. The summed E-state index contributed by atoms with van der Waals surface area (Å²) in [5.41, 5.74) is 2.45. The summed E-state index contributed by atoms with van der Waals surface area (Å²) < 4.78 is 5.27. The van der Waals surface area contributed by atoms with Crippen LogP contribution in [0.2, 0.25) is 5.02 Å². The maximum atomic E-state index is 6.21.